The summed E-state index contributed by atoms with van der Waals surface area (Å²) in [5.41, 5.74) is 5.23. The van der Waals surface area contributed by atoms with Crippen LogP contribution in [0.15, 0.2) is 0 Å². The molecule has 2 fully saturated rings. The number of amides is 1. The second kappa shape index (κ2) is 3.64. The first-order valence-electron chi connectivity index (χ1n) is 5.04. The van der Waals surface area contributed by atoms with Gasteiger partial charge in [0.05, 0.1) is 6.04 Å². The van der Waals surface area contributed by atoms with Crippen molar-refractivity contribution in [3.8, 4) is 0 Å². The third-order valence-electron chi connectivity index (χ3n) is 2.87. The van der Waals surface area contributed by atoms with E-state index in [0.29, 0.717) is 0 Å². The van der Waals surface area contributed by atoms with E-state index in [1.165, 1.54) is 12.8 Å². The van der Waals surface area contributed by atoms with Gasteiger partial charge < -0.3 is 11.1 Å². The molecule has 0 radical (unpaired) electrons. The molecule has 2 aliphatic rings. The first-order chi connectivity index (χ1) is 6.27. The summed E-state index contributed by atoms with van der Waals surface area (Å²) in [6.07, 6.45) is 3.58. The summed E-state index contributed by atoms with van der Waals surface area (Å²) in [6, 6.07) is 0.773. The minimum absolute atomic E-state index is 0.0148. The second-order valence-corrected chi connectivity index (χ2v) is 3.97. The van der Waals surface area contributed by atoms with Crippen LogP contribution in [0.4, 0.5) is 0 Å². The molecular formula is C9H17N3O. The molecule has 0 bridgehead atoms. The standard InChI is InChI=1S/C9H17N3O/c10-9(13)8-3-5-12(8)6-4-11-7-1-2-7/h7-8,11H,1-6H2,(H2,10,13). The molecule has 1 atom stereocenters. The van der Waals surface area contributed by atoms with Gasteiger partial charge in [0.25, 0.3) is 0 Å². The third-order valence-corrected chi connectivity index (χ3v) is 2.87. The van der Waals surface area contributed by atoms with E-state index in [9.17, 15) is 4.79 Å². The van der Waals surface area contributed by atoms with Crippen molar-refractivity contribution in [1.82, 2.24) is 10.2 Å². The Morgan fingerprint density at radius 3 is 2.69 bits per heavy atom. The first kappa shape index (κ1) is 8.97. The van der Waals surface area contributed by atoms with Crippen LogP contribution in [0.5, 0.6) is 0 Å². The molecule has 0 aromatic rings. The summed E-state index contributed by atoms with van der Waals surface area (Å²) >= 11 is 0. The molecule has 1 aliphatic carbocycles. The van der Waals surface area contributed by atoms with Crippen molar-refractivity contribution < 1.29 is 4.79 Å². The topological polar surface area (TPSA) is 58.4 Å². The lowest BCUT2D eigenvalue weighted by atomic mass is 10.0. The number of nitrogens with zero attached hydrogens (tertiary/aromatic N) is 1. The van der Waals surface area contributed by atoms with E-state index in [0.717, 1.165) is 32.1 Å². The van der Waals surface area contributed by atoms with Gasteiger partial charge in [0.2, 0.25) is 5.91 Å². The van der Waals surface area contributed by atoms with Crippen LogP contribution >= 0.6 is 0 Å². The molecule has 3 N–H and O–H groups in total. The van der Waals surface area contributed by atoms with Gasteiger partial charge in [-0.1, -0.05) is 0 Å². The van der Waals surface area contributed by atoms with E-state index in [4.69, 9.17) is 5.73 Å². The summed E-state index contributed by atoms with van der Waals surface area (Å²) in [5.74, 6) is -0.169. The molecule has 1 saturated heterocycles. The highest BCUT2D eigenvalue weighted by molar-refractivity contribution is 5.80. The zero-order chi connectivity index (χ0) is 9.26. The minimum Gasteiger partial charge on any atom is -0.368 e. The van der Waals surface area contributed by atoms with Crippen LogP contribution < -0.4 is 11.1 Å². The Hall–Kier alpha value is -0.610. The molecule has 4 nitrogen and oxygen atoms in total. The number of nitrogens with one attached hydrogen (secondary N) is 1. The first-order valence-corrected chi connectivity index (χ1v) is 5.04. The molecule has 1 saturated carbocycles. The summed E-state index contributed by atoms with van der Waals surface area (Å²) in [4.78, 5) is 13.0. The lowest BCUT2D eigenvalue weighted by Gasteiger charge is -2.38. The molecule has 13 heavy (non-hydrogen) atoms. The summed E-state index contributed by atoms with van der Waals surface area (Å²) < 4.78 is 0. The predicted molar refractivity (Wildman–Crippen MR) is 50.2 cm³/mol. The maximum absolute atomic E-state index is 10.9. The molecular weight excluding hydrogens is 166 g/mol. The molecule has 0 aromatic heterocycles. The van der Waals surface area contributed by atoms with E-state index in [-0.39, 0.29) is 11.9 Å². The smallest absolute Gasteiger partial charge is 0.234 e. The zero-order valence-electron chi connectivity index (χ0n) is 7.83. The highest BCUT2D eigenvalue weighted by Gasteiger charge is 2.32. The average molecular weight is 183 g/mol. The number of primary amides is 1. The number of carbonyl (C=O) groups excluding carboxylic acids is 1. The van der Waals surface area contributed by atoms with Crippen LogP contribution in [-0.4, -0.2) is 42.5 Å². The van der Waals surface area contributed by atoms with E-state index in [2.05, 4.69) is 10.2 Å². The van der Waals surface area contributed by atoms with Gasteiger partial charge >= 0.3 is 0 Å². The number of carbonyl (C=O) groups is 1. The fourth-order valence-electron chi connectivity index (χ4n) is 1.73. The number of hydrogen-bond donors (Lipinski definition) is 2. The maximum Gasteiger partial charge on any atom is 0.234 e. The van der Waals surface area contributed by atoms with Gasteiger partial charge in [-0.25, -0.2) is 0 Å². The van der Waals surface area contributed by atoms with Crippen molar-refractivity contribution in [3.05, 3.63) is 0 Å². The third kappa shape index (κ3) is 2.19. The molecule has 2 rings (SSSR count). The van der Waals surface area contributed by atoms with E-state index < -0.39 is 0 Å². The fourth-order valence-corrected chi connectivity index (χ4v) is 1.73. The van der Waals surface area contributed by atoms with Gasteiger partial charge in [0.1, 0.15) is 0 Å². The van der Waals surface area contributed by atoms with Crippen molar-refractivity contribution in [2.24, 2.45) is 5.73 Å². The summed E-state index contributed by atoms with van der Waals surface area (Å²) in [5, 5.41) is 3.42. The summed E-state index contributed by atoms with van der Waals surface area (Å²) in [7, 11) is 0. The maximum atomic E-state index is 10.9. The molecule has 0 spiro atoms. The van der Waals surface area contributed by atoms with Crippen LogP contribution in [0.3, 0.4) is 0 Å². The van der Waals surface area contributed by atoms with Crippen LogP contribution in [0, 0.1) is 0 Å². The van der Waals surface area contributed by atoms with Gasteiger partial charge in [0, 0.05) is 25.7 Å². The van der Waals surface area contributed by atoms with Gasteiger partial charge in [-0.2, -0.15) is 0 Å². The van der Waals surface area contributed by atoms with Crippen molar-refractivity contribution in [2.45, 2.75) is 31.3 Å². The Morgan fingerprint density at radius 2 is 2.23 bits per heavy atom. The van der Waals surface area contributed by atoms with Gasteiger partial charge in [0.15, 0.2) is 0 Å². The highest BCUT2D eigenvalue weighted by atomic mass is 16.1. The molecule has 0 aromatic carbocycles. The van der Waals surface area contributed by atoms with Crippen molar-refractivity contribution >= 4 is 5.91 Å². The molecule has 1 aliphatic heterocycles. The van der Waals surface area contributed by atoms with E-state index in [1.54, 1.807) is 0 Å². The average Bonchev–Trinajstić information content (AvgIpc) is 2.77. The fraction of sp³-hybridized carbons (Fsp3) is 0.889. The van der Waals surface area contributed by atoms with Crippen molar-refractivity contribution in [2.75, 3.05) is 19.6 Å². The number of likely N-dealkylation sites (tertiary alicyclic amines) is 1. The Labute approximate surface area is 78.5 Å². The lowest BCUT2D eigenvalue weighted by Crippen LogP contribution is -2.56. The van der Waals surface area contributed by atoms with Gasteiger partial charge in [-0.05, 0) is 19.3 Å². The SMILES string of the molecule is NC(=O)C1CCN1CCNC1CC1. The predicted octanol–water partition coefficient (Wildman–Crippen LogP) is -0.702. The van der Waals surface area contributed by atoms with E-state index in [1.807, 2.05) is 0 Å². The molecule has 74 valence electrons. The quantitative estimate of drug-likeness (QED) is 0.592. The molecule has 1 heterocycles. The van der Waals surface area contributed by atoms with Gasteiger partial charge in [-0.3, -0.25) is 9.69 Å². The largest absolute Gasteiger partial charge is 0.368 e. The zero-order valence-corrected chi connectivity index (χ0v) is 7.83. The molecule has 4 heteroatoms. The van der Waals surface area contributed by atoms with Crippen LogP contribution in [0.2, 0.25) is 0 Å². The van der Waals surface area contributed by atoms with Crippen LogP contribution in [0.25, 0.3) is 0 Å². The summed E-state index contributed by atoms with van der Waals surface area (Å²) in [6.45, 7) is 2.98. The molecule has 1 unspecified atom stereocenters. The number of nitrogens with two attached hydrogens (primary N) is 1. The monoisotopic (exact) mass is 183 g/mol. The van der Waals surface area contributed by atoms with Crippen LogP contribution in [0.1, 0.15) is 19.3 Å². The van der Waals surface area contributed by atoms with Crippen molar-refractivity contribution in [3.63, 3.8) is 0 Å². The Bertz CT molecular complexity index is 203. The molecule has 1 amide bonds. The number of rotatable bonds is 5. The highest BCUT2D eigenvalue weighted by Crippen LogP contribution is 2.19. The Kier molecular flexibility index (Phi) is 2.51. The normalized spacial score (nSPS) is 28.5. The second-order valence-electron chi connectivity index (χ2n) is 3.97. The Morgan fingerprint density at radius 1 is 1.46 bits per heavy atom. The minimum atomic E-state index is -0.169. The Balaban J connectivity index is 1.61. The van der Waals surface area contributed by atoms with Crippen LogP contribution in [-0.2, 0) is 4.79 Å². The van der Waals surface area contributed by atoms with Gasteiger partial charge in [-0.15, -0.1) is 0 Å². The number of hydrogen-bond acceptors (Lipinski definition) is 3. The lowest BCUT2D eigenvalue weighted by molar-refractivity contribution is -0.127. The van der Waals surface area contributed by atoms with E-state index >= 15 is 0 Å². The van der Waals surface area contributed by atoms with Crippen molar-refractivity contribution in [1.29, 1.82) is 0 Å².